The molecule has 1 aromatic rings. The first-order valence-electron chi connectivity index (χ1n) is 3.34. The first-order valence-corrected chi connectivity index (χ1v) is 3.34. The SMILES string of the molecule is O=[C]/C=C/c1ccc(F)c(F)c1F. The van der Waals surface area contributed by atoms with Crippen LogP contribution in [0.5, 0.6) is 0 Å². The van der Waals surface area contributed by atoms with Crippen molar-refractivity contribution < 1.29 is 18.0 Å². The van der Waals surface area contributed by atoms with E-state index < -0.39 is 17.5 Å². The molecule has 0 N–H and O–H groups in total. The van der Waals surface area contributed by atoms with Gasteiger partial charge in [-0.1, -0.05) is 0 Å². The van der Waals surface area contributed by atoms with Crippen LogP contribution in [0.2, 0.25) is 0 Å². The number of allylic oxidation sites excluding steroid dienone is 1. The number of carbonyl (C=O) groups excluding carboxylic acids is 1. The van der Waals surface area contributed by atoms with Crippen molar-refractivity contribution in [2.24, 2.45) is 0 Å². The summed E-state index contributed by atoms with van der Waals surface area (Å²) in [6.45, 7) is 0. The monoisotopic (exact) mass is 185 g/mol. The summed E-state index contributed by atoms with van der Waals surface area (Å²) in [7, 11) is 0. The van der Waals surface area contributed by atoms with Crippen molar-refractivity contribution >= 4 is 12.4 Å². The largest absolute Gasteiger partial charge is 0.286 e. The fraction of sp³-hybridized carbons (Fsp3) is 0. The summed E-state index contributed by atoms with van der Waals surface area (Å²) in [5.74, 6) is -4.12. The highest BCUT2D eigenvalue weighted by Gasteiger charge is 2.10. The highest BCUT2D eigenvalue weighted by molar-refractivity contribution is 5.74. The summed E-state index contributed by atoms with van der Waals surface area (Å²) < 4.78 is 37.7. The molecule has 0 spiro atoms. The van der Waals surface area contributed by atoms with Crippen molar-refractivity contribution in [1.82, 2.24) is 0 Å². The Morgan fingerprint density at radius 1 is 1.15 bits per heavy atom. The Hall–Kier alpha value is -1.58. The normalized spacial score (nSPS) is 10.7. The lowest BCUT2D eigenvalue weighted by molar-refractivity contribution is 0.446. The maximum atomic E-state index is 12.8. The van der Waals surface area contributed by atoms with Gasteiger partial charge in [0, 0.05) is 5.56 Å². The third-order valence-corrected chi connectivity index (χ3v) is 1.40. The van der Waals surface area contributed by atoms with Crippen LogP contribution >= 0.6 is 0 Å². The topological polar surface area (TPSA) is 17.1 Å². The van der Waals surface area contributed by atoms with E-state index in [-0.39, 0.29) is 5.56 Å². The smallest absolute Gasteiger partial charge is 0.225 e. The molecule has 1 rings (SSSR count). The fourth-order valence-electron chi connectivity index (χ4n) is 0.793. The number of hydrogen-bond acceptors (Lipinski definition) is 1. The van der Waals surface area contributed by atoms with E-state index in [2.05, 4.69) is 0 Å². The second-order valence-electron chi connectivity index (χ2n) is 2.22. The summed E-state index contributed by atoms with van der Waals surface area (Å²) in [5.41, 5.74) is -0.192. The summed E-state index contributed by atoms with van der Waals surface area (Å²) in [6, 6.07) is 1.81. The minimum atomic E-state index is -1.55. The van der Waals surface area contributed by atoms with Crippen LogP contribution in [-0.2, 0) is 4.79 Å². The summed E-state index contributed by atoms with van der Waals surface area (Å²) >= 11 is 0. The van der Waals surface area contributed by atoms with Gasteiger partial charge < -0.3 is 0 Å². The van der Waals surface area contributed by atoms with Crippen molar-refractivity contribution in [2.75, 3.05) is 0 Å². The van der Waals surface area contributed by atoms with Gasteiger partial charge in [0.2, 0.25) is 6.29 Å². The molecule has 0 aliphatic rings. The molecule has 0 aliphatic heterocycles. The Kier molecular flexibility index (Phi) is 2.84. The van der Waals surface area contributed by atoms with Crippen LogP contribution in [-0.4, -0.2) is 6.29 Å². The highest BCUT2D eigenvalue weighted by Crippen LogP contribution is 2.15. The molecule has 4 heteroatoms. The number of rotatable bonds is 2. The first kappa shape index (κ1) is 9.51. The lowest BCUT2D eigenvalue weighted by atomic mass is 10.2. The van der Waals surface area contributed by atoms with Gasteiger partial charge in [0.15, 0.2) is 17.5 Å². The molecular weight excluding hydrogens is 181 g/mol. The third kappa shape index (κ3) is 1.96. The van der Waals surface area contributed by atoms with Gasteiger partial charge in [-0.2, -0.15) is 0 Å². The molecule has 1 nitrogen and oxygen atoms in total. The molecule has 0 aliphatic carbocycles. The first-order chi connectivity index (χ1) is 6.16. The number of hydrogen-bond donors (Lipinski definition) is 0. The highest BCUT2D eigenvalue weighted by atomic mass is 19.2. The lowest BCUT2D eigenvalue weighted by Gasteiger charge is -1.97. The molecule has 0 atom stereocenters. The van der Waals surface area contributed by atoms with Crippen molar-refractivity contribution in [1.29, 1.82) is 0 Å². The second-order valence-corrected chi connectivity index (χ2v) is 2.22. The molecular formula is C9H4F3O. The van der Waals surface area contributed by atoms with Crippen LogP contribution in [0.1, 0.15) is 5.56 Å². The van der Waals surface area contributed by atoms with Crippen LogP contribution < -0.4 is 0 Å². The van der Waals surface area contributed by atoms with E-state index in [9.17, 15) is 18.0 Å². The van der Waals surface area contributed by atoms with Gasteiger partial charge in [0.05, 0.1) is 0 Å². The van der Waals surface area contributed by atoms with Crippen molar-refractivity contribution in [3.05, 3.63) is 41.2 Å². The van der Waals surface area contributed by atoms with Gasteiger partial charge in [-0.05, 0) is 24.3 Å². The number of benzene rings is 1. The van der Waals surface area contributed by atoms with Crippen molar-refractivity contribution in [3.63, 3.8) is 0 Å². The molecule has 1 aromatic carbocycles. The Labute approximate surface area is 72.5 Å². The van der Waals surface area contributed by atoms with Gasteiger partial charge in [0.25, 0.3) is 0 Å². The maximum Gasteiger partial charge on any atom is 0.225 e. The van der Waals surface area contributed by atoms with Gasteiger partial charge >= 0.3 is 0 Å². The van der Waals surface area contributed by atoms with Crippen molar-refractivity contribution in [3.8, 4) is 0 Å². The van der Waals surface area contributed by atoms with Crippen LogP contribution in [0.15, 0.2) is 18.2 Å². The molecule has 0 unspecified atom stereocenters. The average Bonchev–Trinajstić information content (AvgIpc) is 2.13. The van der Waals surface area contributed by atoms with E-state index in [4.69, 9.17) is 0 Å². The molecule has 0 fully saturated rings. The van der Waals surface area contributed by atoms with E-state index in [1.54, 1.807) is 0 Å². The molecule has 0 saturated carbocycles. The molecule has 0 saturated heterocycles. The molecule has 67 valence electrons. The molecule has 0 amide bonds. The van der Waals surface area contributed by atoms with E-state index in [0.717, 1.165) is 24.3 Å². The summed E-state index contributed by atoms with van der Waals surface area (Å²) in [5, 5.41) is 0. The zero-order valence-corrected chi connectivity index (χ0v) is 6.35. The maximum absolute atomic E-state index is 12.8. The van der Waals surface area contributed by atoms with Crippen molar-refractivity contribution in [2.45, 2.75) is 0 Å². The standard InChI is InChI=1S/C9H4F3O/c10-7-4-3-6(2-1-5-13)8(11)9(7)12/h1-4H/b2-1+. The zero-order valence-electron chi connectivity index (χ0n) is 6.35. The number of halogens is 3. The predicted molar refractivity (Wildman–Crippen MR) is 41.0 cm³/mol. The van der Waals surface area contributed by atoms with Crippen LogP contribution in [0, 0.1) is 17.5 Å². The predicted octanol–water partition coefficient (Wildman–Crippen LogP) is 2.23. The Morgan fingerprint density at radius 2 is 1.85 bits per heavy atom. The molecule has 0 bridgehead atoms. The van der Waals surface area contributed by atoms with Gasteiger partial charge in [0.1, 0.15) is 0 Å². The van der Waals surface area contributed by atoms with Gasteiger partial charge in [-0.15, -0.1) is 0 Å². The van der Waals surface area contributed by atoms with Gasteiger partial charge in [-0.3, -0.25) is 4.79 Å². The van der Waals surface area contributed by atoms with Crippen LogP contribution in [0.4, 0.5) is 13.2 Å². The third-order valence-electron chi connectivity index (χ3n) is 1.40. The molecule has 0 heterocycles. The van der Waals surface area contributed by atoms with E-state index >= 15 is 0 Å². The van der Waals surface area contributed by atoms with Gasteiger partial charge in [-0.25, -0.2) is 13.2 Å². The van der Waals surface area contributed by atoms with E-state index in [1.165, 1.54) is 6.29 Å². The Morgan fingerprint density at radius 3 is 2.46 bits per heavy atom. The van der Waals surface area contributed by atoms with Crippen LogP contribution in [0.25, 0.3) is 6.08 Å². The lowest BCUT2D eigenvalue weighted by Crippen LogP contribution is -1.92. The fourth-order valence-corrected chi connectivity index (χ4v) is 0.793. The Balaban J connectivity index is 3.17. The summed E-state index contributed by atoms with van der Waals surface area (Å²) in [4.78, 5) is 9.74. The minimum Gasteiger partial charge on any atom is -0.286 e. The van der Waals surface area contributed by atoms with Crippen LogP contribution in [0.3, 0.4) is 0 Å². The Bertz CT molecular complexity index is 358. The average molecular weight is 185 g/mol. The molecule has 0 aromatic heterocycles. The second kappa shape index (κ2) is 3.89. The quantitative estimate of drug-likeness (QED) is 0.510. The molecule has 13 heavy (non-hydrogen) atoms. The summed E-state index contributed by atoms with van der Waals surface area (Å²) in [6.07, 6.45) is 3.24. The minimum absolute atomic E-state index is 0.192. The zero-order chi connectivity index (χ0) is 9.84. The van der Waals surface area contributed by atoms with E-state index in [0.29, 0.717) is 0 Å². The molecule has 1 radical (unpaired) electrons. The van der Waals surface area contributed by atoms with E-state index in [1.807, 2.05) is 0 Å².